The fourth-order valence-electron chi connectivity index (χ4n) is 3.85. The number of hydrogen-bond donors (Lipinski definition) is 10. The van der Waals surface area contributed by atoms with E-state index < -0.39 is 35.7 Å². The molecule has 3 rings (SSSR count). The lowest BCUT2D eigenvalue weighted by Gasteiger charge is -2.25. The Morgan fingerprint density at radius 2 is 0.952 bits per heavy atom. The highest BCUT2D eigenvalue weighted by Crippen LogP contribution is 2.42. The van der Waals surface area contributed by atoms with Crippen molar-refractivity contribution in [3.63, 3.8) is 0 Å². The van der Waals surface area contributed by atoms with Crippen LogP contribution in [0, 0.1) is 0 Å². The second-order valence-corrected chi connectivity index (χ2v) is 9.42. The van der Waals surface area contributed by atoms with Gasteiger partial charge in [-0.2, -0.15) is 0 Å². The van der Waals surface area contributed by atoms with E-state index in [1.54, 1.807) is 26.0 Å². The summed E-state index contributed by atoms with van der Waals surface area (Å²) in [5.74, 6) is -3.54. The van der Waals surface area contributed by atoms with E-state index in [0.717, 1.165) is 13.8 Å². The zero-order valence-electron chi connectivity index (χ0n) is 24.0. The van der Waals surface area contributed by atoms with Crippen LogP contribution >= 0.6 is 0 Å². The number of benzene rings is 2. The number of carboxylic acid groups (broad SMARTS) is 2. The predicted molar refractivity (Wildman–Crippen MR) is 156 cm³/mol. The normalized spacial score (nSPS) is 12.8. The van der Waals surface area contributed by atoms with E-state index in [9.17, 15) is 30.0 Å². The molecule has 0 saturated carbocycles. The summed E-state index contributed by atoms with van der Waals surface area (Å²) in [6.07, 6.45) is -0.973. The minimum absolute atomic E-state index is 0.121. The molecule has 0 fully saturated rings. The molecule has 1 aliphatic rings. The highest BCUT2D eigenvalue weighted by Gasteiger charge is 2.37. The van der Waals surface area contributed by atoms with Gasteiger partial charge in [-0.15, -0.1) is 0 Å². The molecule has 2 unspecified atom stereocenters. The molecule has 14 nitrogen and oxygen atoms in total. The zero-order valence-corrected chi connectivity index (χ0v) is 24.0. The van der Waals surface area contributed by atoms with Gasteiger partial charge in [0, 0.05) is 64.5 Å². The van der Waals surface area contributed by atoms with Crippen LogP contribution in [0.15, 0.2) is 24.3 Å². The summed E-state index contributed by atoms with van der Waals surface area (Å²) in [5.41, 5.74) is 0.663. The van der Waals surface area contributed by atoms with Gasteiger partial charge in [-0.25, -0.2) is 0 Å². The maximum absolute atomic E-state index is 13.4. The van der Waals surface area contributed by atoms with Crippen LogP contribution < -0.4 is 21.3 Å². The molecule has 14 heteroatoms. The van der Waals surface area contributed by atoms with Crippen molar-refractivity contribution < 1.29 is 49.8 Å². The monoisotopic (exact) mass is 592 g/mol. The molecule has 0 bridgehead atoms. The van der Waals surface area contributed by atoms with E-state index in [2.05, 4.69) is 21.3 Å². The zero-order chi connectivity index (χ0) is 32.0. The number of fused-ring (bicyclic) bond motifs is 2. The molecule has 0 radical (unpaired) electrons. The number of hydrogen-bond acceptors (Lipinski definition) is 12. The molecule has 1 aliphatic carbocycles. The molecular weight excluding hydrogens is 552 g/mol. The van der Waals surface area contributed by atoms with E-state index in [4.69, 9.17) is 19.8 Å². The van der Waals surface area contributed by atoms with Crippen molar-refractivity contribution in [3.05, 3.63) is 46.5 Å². The number of anilines is 2. The lowest BCUT2D eigenvalue weighted by Crippen LogP contribution is -2.31. The number of phenols is 2. The van der Waals surface area contributed by atoms with Crippen LogP contribution in [-0.4, -0.2) is 106 Å². The summed E-state index contributed by atoms with van der Waals surface area (Å²) in [4.78, 5) is 44.9. The first-order valence-electron chi connectivity index (χ1n) is 13.1. The highest BCUT2D eigenvalue weighted by atomic mass is 16.4. The van der Waals surface area contributed by atoms with Crippen molar-refractivity contribution in [2.45, 2.75) is 39.9 Å². The van der Waals surface area contributed by atoms with Gasteiger partial charge in [-0.3, -0.25) is 19.2 Å². The Balaban J connectivity index is 0.000000978. The third-order valence-electron chi connectivity index (χ3n) is 5.39. The smallest absolute Gasteiger partial charge is 0.300 e. The van der Waals surface area contributed by atoms with Gasteiger partial charge in [-0.05, 0) is 38.1 Å². The van der Waals surface area contributed by atoms with E-state index >= 15 is 0 Å². The van der Waals surface area contributed by atoms with Crippen molar-refractivity contribution in [2.24, 2.45) is 0 Å². The van der Waals surface area contributed by atoms with Gasteiger partial charge < -0.3 is 51.9 Å². The summed E-state index contributed by atoms with van der Waals surface area (Å²) in [5, 5.41) is 66.6. The van der Waals surface area contributed by atoms with Gasteiger partial charge in [0.25, 0.3) is 11.9 Å². The number of rotatable bonds is 12. The summed E-state index contributed by atoms with van der Waals surface area (Å²) in [6.45, 7) is 8.23. The van der Waals surface area contributed by atoms with E-state index in [-0.39, 0.29) is 33.8 Å². The van der Waals surface area contributed by atoms with Crippen molar-refractivity contribution in [1.29, 1.82) is 0 Å². The van der Waals surface area contributed by atoms with Crippen molar-refractivity contribution in [3.8, 4) is 11.5 Å². The Morgan fingerprint density at radius 1 is 0.643 bits per heavy atom. The molecule has 0 amide bonds. The van der Waals surface area contributed by atoms with E-state index in [1.807, 2.05) is 0 Å². The van der Waals surface area contributed by atoms with Gasteiger partial charge in [0.15, 0.2) is 0 Å². The molecule has 0 saturated heterocycles. The Bertz CT molecular complexity index is 1150. The lowest BCUT2D eigenvalue weighted by molar-refractivity contribution is -0.135. The van der Waals surface area contributed by atoms with Gasteiger partial charge in [0.2, 0.25) is 11.6 Å². The molecule has 0 aromatic heterocycles. The average molecular weight is 593 g/mol. The molecule has 0 heterocycles. The van der Waals surface area contributed by atoms with Crippen LogP contribution in [-0.2, 0) is 9.59 Å². The van der Waals surface area contributed by atoms with Crippen LogP contribution in [0.4, 0.5) is 11.4 Å². The SMILES string of the molecule is CC(=O)O.CC(=O)O.CC(O)CNCCNc1ccc(NCCNCC(C)O)c2c1C(=O)c1c(O)ccc(O)c1C2=O. The summed E-state index contributed by atoms with van der Waals surface area (Å²) in [6, 6.07) is 5.75. The number of aliphatic hydroxyl groups is 2. The number of nitrogens with one attached hydrogen (secondary N) is 4. The number of carbonyl (C=O) groups excluding carboxylic acids is 2. The predicted octanol–water partition coefficient (Wildman–Crippen LogP) is 0.820. The second kappa shape index (κ2) is 17.5. The van der Waals surface area contributed by atoms with E-state index in [0.29, 0.717) is 50.6 Å². The molecule has 42 heavy (non-hydrogen) atoms. The minimum Gasteiger partial charge on any atom is -0.507 e. The first-order valence-corrected chi connectivity index (χ1v) is 13.1. The fourth-order valence-corrected chi connectivity index (χ4v) is 3.85. The standard InChI is InChI=1S/C24H32N4O6.2C2H4O2/c1-13(29)11-25-7-9-27-15-3-4-16(28-10-8-26-12-14(2)30)20-19(15)23(33)21-17(31)5-6-18(32)22(21)24(20)34;2*1-2(3)4/h3-6,13-14,25-32H,7-12H2,1-2H3;2*1H3,(H,3,4). The largest absolute Gasteiger partial charge is 0.507 e. The van der Waals surface area contributed by atoms with Crippen molar-refractivity contribution in [1.82, 2.24) is 10.6 Å². The van der Waals surface area contributed by atoms with Crippen molar-refractivity contribution >= 4 is 34.9 Å². The van der Waals surface area contributed by atoms with Crippen LogP contribution in [0.25, 0.3) is 0 Å². The Kier molecular flexibility index (Phi) is 15.0. The van der Waals surface area contributed by atoms with Gasteiger partial charge in [0.05, 0.1) is 34.5 Å². The first kappa shape index (κ1) is 35.8. The van der Waals surface area contributed by atoms with Crippen molar-refractivity contribution in [2.75, 3.05) is 49.9 Å². The van der Waals surface area contributed by atoms with E-state index in [1.165, 1.54) is 12.1 Å². The lowest BCUT2D eigenvalue weighted by atomic mass is 9.81. The summed E-state index contributed by atoms with van der Waals surface area (Å²) >= 11 is 0. The number of aliphatic hydroxyl groups excluding tert-OH is 2. The molecular formula is C28H40N4O10. The molecule has 2 aromatic carbocycles. The molecule has 0 aliphatic heterocycles. The molecule has 2 atom stereocenters. The highest BCUT2D eigenvalue weighted by molar-refractivity contribution is 6.33. The Morgan fingerprint density at radius 3 is 1.24 bits per heavy atom. The fraction of sp³-hybridized carbons (Fsp3) is 0.429. The average Bonchev–Trinajstić information content (AvgIpc) is 2.87. The Hall–Kier alpha value is -4.24. The number of carbonyl (C=O) groups is 4. The topological polar surface area (TPSA) is 238 Å². The quantitative estimate of drug-likeness (QED) is 0.104. The number of ketones is 2. The number of carboxylic acids is 2. The van der Waals surface area contributed by atoms with Gasteiger partial charge >= 0.3 is 0 Å². The van der Waals surface area contributed by atoms with Crippen LogP contribution in [0.2, 0.25) is 0 Å². The van der Waals surface area contributed by atoms with Gasteiger partial charge in [0.1, 0.15) is 11.5 Å². The summed E-state index contributed by atoms with van der Waals surface area (Å²) < 4.78 is 0. The van der Waals surface area contributed by atoms with Crippen LogP contribution in [0.3, 0.4) is 0 Å². The third-order valence-corrected chi connectivity index (χ3v) is 5.39. The first-order chi connectivity index (χ1) is 19.7. The number of aromatic hydroxyl groups is 2. The maximum atomic E-state index is 13.4. The van der Waals surface area contributed by atoms with Crippen LogP contribution in [0.5, 0.6) is 11.5 Å². The molecule has 2 aromatic rings. The minimum atomic E-state index is -0.833. The van der Waals surface area contributed by atoms with Crippen LogP contribution in [0.1, 0.15) is 59.5 Å². The second-order valence-electron chi connectivity index (χ2n) is 9.42. The van der Waals surface area contributed by atoms with Gasteiger partial charge in [-0.1, -0.05) is 0 Å². The number of phenolic OH excluding ortho intramolecular Hbond substituents is 2. The maximum Gasteiger partial charge on any atom is 0.300 e. The molecule has 10 N–H and O–H groups in total. The molecule has 232 valence electrons. The Labute approximate surface area is 243 Å². The number of aliphatic carboxylic acids is 2. The summed E-state index contributed by atoms with van der Waals surface area (Å²) in [7, 11) is 0. The molecule has 0 spiro atoms. The third kappa shape index (κ3) is 11.3.